The van der Waals surface area contributed by atoms with Crippen LogP contribution in [0.2, 0.25) is 0 Å². The van der Waals surface area contributed by atoms with E-state index in [9.17, 15) is 19.8 Å². The lowest BCUT2D eigenvalue weighted by Gasteiger charge is -2.36. The van der Waals surface area contributed by atoms with Crippen LogP contribution in [0.3, 0.4) is 0 Å². The Bertz CT molecular complexity index is 521. The summed E-state index contributed by atoms with van der Waals surface area (Å²) in [7, 11) is 0. The fourth-order valence-electron chi connectivity index (χ4n) is 2.23. The molecular formula is C12H16N2O4. The lowest BCUT2D eigenvalue weighted by Crippen LogP contribution is -2.48. The van der Waals surface area contributed by atoms with E-state index in [1.807, 2.05) is 0 Å². The first kappa shape index (κ1) is 12.6. The molecule has 1 saturated heterocycles. The number of aromatic amines is 1. The van der Waals surface area contributed by atoms with E-state index in [0.29, 0.717) is 19.4 Å². The minimum Gasteiger partial charge on any atom is -0.494 e. The highest BCUT2D eigenvalue weighted by molar-refractivity contribution is 5.94. The van der Waals surface area contributed by atoms with Gasteiger partial charge in [-0.05, 0) is 19.8 Å². The summed E-state index contributed by atoms with van der Waals surface area (Å²) < 4.78 is 0. The number of aliphatic hydroxyl groups is 1. The summed E-state index contributed by atoms with van der Waals surface area (Å²) in [6.07, 6.45) is 1.37. The first-order chi connectivity index (χ1) is 8.37. The van der Waals surface area contributed by atoms with E-state index < -0.39 is 11.2 Å². The molecule has 1 atom stereocenters. The van der Waals surface area contributed by atoms with Gasteiger partial charge in [0.1, 0.15) is 0 Å². The Morgan fingerprint density at radius 3 is 2.83 bits per heavy atom. The molecule has 3 N–H and O–H groups in total. The number of carbonyl (C=O) groups is 1. The van der Waals surface area contributed by atoms with Crippen LogP contribution in [0.1, 0.15) is 30.1 Å². The number of carbonyl (C=O) groups excluding carboxylic acids is 1. The molecule has 0 saturated carbocycles. The maximum atomic E-state index is 12.1. The van der Waals surface area contributed by atoms with Crippen LogP contribution in [0, 0.1) is 0 Å². The van der Waals surface area contributed by atoms with Crippen molar-refractivity contribution in [2.45, 2.75) is 25.4 Å². The number of piperidine rings is 1. The summed E-state index contributed by atoms with van der Waals surface area (Å²) in [5.41, 5.74) is -1.28. The highest BCUT2D eigenvalue weighted by Gasteiger charge is 2.31. The van der Waals surface area contributed by atoms with Crippen molar-refractivity contribution in [2.24, 2.45) is 0 Å². The van der Waals surface area contributed by atoms with Crippen LogP contribution >= 0.6 is 0 Å². The lowest BCUT2D eigenvalue weighted by atomic mass is 9.95. The quantitative estimate of drug-likeness (QED) is 0.659. The maximum absolute atomic E-state index is 12.1. The highest BCUT2D eigenvalue weighted by atomic mass is 16.3. The van der Waals surface area contributed by atoms with Crippen LogP contribution in [0.4, 0.5) is 0 Å². The van der Waals surface area contributed by atoms with Crippen LogP contribution in [0.5, 0.6) is 5.88 Å². The predicted molar refractivity (Wildman–Crippen MR) is 64.5 cm³/mol. The largest absolute Gasteiger partial charge is 0.494 e. The molecule has 0 bridgehead atoms. The Morgan fingerprint density at radius 1 is 1.50 bits per heavy atom. The summed E-state index contributed by atoms with van der Waals surface area (Å²) in [5, 5.41) is 19.2. The van der Waals surface area contributed by atoms with E-state index in [0.717, 1.165) is 6.07 Å². The molecule has 2 heterocycles. The van der Waals surface area contributed by atoms with Crippen LogP contribution in [0.15, 0.2) is 16.9 Å². The molecule has 6 nitrogen and oxygen atoms in total. The van der Waals surface area contributed by atoms with Crippen molar-refractivity contribution < 1.29 is 15.0 Å². The van der Waals surface area contributed by atoms with Gasteiger partial charge >= 0.3 is 0 Å². The molecular weight excluding hydrogens is 236 g/mol. The molecule has 1 aliphatic rings. The standard InChI is InChI=1S/C12H16N2O4/c1-12(18)3-2-4-14(7-12)11(17)8-5-9(15)13-10(16)6-8/h5-6,18H,2-4,7H2,1H3,(H2,13,15,16). The summed E-state index contributed by atoms with van der Waals surface area (Å²) in [4.78, 5) is 27.0. The number of hydrogen-bond donors (Lipinski definition) is 3. The number of rotatable bonds is 1. The van der Waals surface area contributed by atoms with Gasteiger partial charge in [0.05, 0.1) is 11.2 Å². The van der Waals surface area contributed by atoms with Crippen LogP contribution < -0.4 is 5.56 Å². The smallest absolute Gasteiger partial charge is 0.254 e. The fraction of sp³-hybridized carbons (Fsp3) is 0.500. The van der Waals surface area contributed by atoms with Crippen LogP contribution in [-0.4, -0.2) is 44.7 Å². The van der Waals surface area contributed by atoms with Crippen molar-refractivity contribution in [3.05, 3.63) is 28.0 Å². The average Bonchev–Trinajstić information content (AvgIpc) is 2.25. The summed E-state index contributed by atoms with van der Waals surface area (Å²) in [6, 6.07) is 2.36. The zero-order valence-electron chi connectivity index (χ0n) is 10.1. The molecule has 1 unspecified atom stereocenters. The van der Waals surface area contributed by atoms with Gasteiger partial charge in [-0.3, -0.25) is 14.6 Å². The monoisotopic (exact) mass is 252 g/mol. The number of nitrogens with one attached hydrogen (secondary N) is 1. The van der Waals surface area contributed by atoms with Gasteiger partial charge in [0, 0.05) is 25.2 Å². The fourth-order valence-corrected chi connectivity index (χ4v) is 2.23. The number of hydrogen-bond acceptors (Lipinski definition) is 4. The van der Waals surface area contributed by atoms with Gasteiger partial charge in [0.2, 0.25) is 0 Å². The van der Waals surface area contributed by atoms with Gasteiger partial charge in [0.15, 0.2) is 5.88 Å². The average molecular weight is 252 g/mol. The predicted octanol–water partition coefficient (Wildman–Crippen LogP) is 0.0675. The highest BCUT2D eigenvalue weighted by Crippen LogP contribution is 2.21. The van der Waals surface area contributed by atoms with Crippen molar-refractivity contribution in [2.75, 3.05) is 13.1 Å². The van der Waals surface area contributed by atoms with Crippen LogP contribution in [0.25, 0.3) is 0 Å². The van der Waals surface area contributed by atoms with Crippen LogP contribution in [-0.2, 0) is 0 Å². The topological polar surface area (TPSA) is 93.6 Å². The van der Waals surface area contributed by atoms with E-state index >= 15 is 0 Å². The van der Waals surface area contributed by atoms with E-state index in [1.54, 1.807) is 6.92 Å². The minimum atomic E-state index is -0.892. The lowest BCUT2D eigenvalue weighted by molar-refractivity contribution is -0.0107. The van der Waals surface area contributed by atoms with Gasteiger partial charge in [0.25, 0.3) is 11.5 Å². The molecule has 0 aromatic carbocycles. The van der Waals surface area contributed by atoms with E-state index in [-0.39, 0.29) is 23.9 Å². The number of aromatic hydroxyl groups is 1. The number of aromatic nitrogens is 1. The second kappa shape index (κ2) is 4.45. The zero-order chi connectivity index (χ0) is 13.3. The molecule has 98 valence electrons. The van der Waals surface area contributed by atoms with E-state index in [1.165, 1.54) is 11.0 Å². The second-order valence-electron chi connectivity index (χ2n) is 4.95. The third kappa shape index (κ3) is 2.70. The number of β-amino-alcohol motifs (C(OH)–C–C–N with tert-alkyl or cyclic N) is 1. The molecule has 0 radical (unpaired) electrons. The summed E-state index contributed by atoms with van der Waals surface area (Å²) in [6.45, 7) is 2.46. The Morgan fingerprint density at radius 2 is 2.22 bits per heavy atom. The Labute approximate surface area is 104 Å². The summed E-state index contributed by atoms with van der Waals surface area (Å²) in [5.74, 6) is -0.689. The van der Waals surface area contributed by atoms with Crippen molar-refractivity contribution in [3.63, 3.8) is 0 Å². The van der Waals surface area contributed by atoms with Crippen molar-refractivity contribution in [1.29, 1.82) is 0 Å². The SMILES string of the molecule is CC1(O)CCCN(C(=O)c2cc(O)[nH]c(=O)c2)C1. The molecule has 1 fully saturated rings. The Balaban J connectivity index is 2.23. The molecule has 1 aromatic rings. The maximum Gasteiger partial charge on any atom is 0.254 e. The van der Waals surface area contributed by atoms with Crippen molar-refractivity contribution >= 4 is 5.91 Å². The van der Waals surface area contributed by atoms with Gasteiger partial charge in [-0.25, -0.2) is 0 Å². The minimum absolute atomic E-state index is 0.133. The third-order valence-corrected chi connectivity index (χ3v) is 3.04. The number of pyridine rings is 1. The first-order valence-corrected chi connectivity index (χ1v) is 5.82. The normalized spacial score (nSPS) is 24.0. The van der Waals surface area contributed by atoms with Crippen molar-refractivity contribution in [1.82, 2.24) is 9.88 Å². The van der Waals surface area contributed by atoms with Gasteiger partial charge < -0.3 is 15.1 Å². The zero-order valence-corrected chi connectivity index (χ0v) is 10.1. The van der Waals surface area contributed by atoms with E-state index in [4.69, 9.17) is 0 Å². The number of likely N-dealkylation sites (tertiary alicyclic amines) is 1. The Kier molecular flexibility index (Phi) is 3.13. The third-order valence-electron chi connectivity index (χ3n) is 3.04. The number of H-pyrrole nitrogens is 1. The van der Waals surface area contributed by atoms with Crippen molar-refractivity contribution in [3.8, 4) is 5.88 Å². The number of nitrogens with zero attached hydrogens (tertiary/aromatic N) is 1. The van der Waals surface area contributed by atoms with Gasteiger partial charge in [-0.2, -0.15) is 0 Å². The van der Waals surface area contributed by atoms with Gasteiger partial charge in [-0.1, -0.05) is 0 Å². The molecule has 6 heteroatoms. The summed E-state index contributed by atoms with van der Waals surface area (Å²) >= 11 is 0. The molecule has 1 amide bonds. The molecule has 18 heavy (non-hydrogen) atoms. The molecule has 0 spiro atoms. The number of amides is 1. The molecule has 2 rings (SSSR count). The van der Waals surface area contributed by atoms with Gasteiger partial charge in [-0.15, -0.1) is 0 Å². The molecule has 0 aliphatic carbocycles. The second-order valence-corrected chi connectivity index (χ2v) is 4.95. The van der Waals surface area contributed by atoms with E-state index in [2.05, 4.69) is 4.98 Å². The first-order valence-electron chi connectivity index (χ1n) is 5.82. The molecule has 1 aliphatic heterocycles. The molecule has 1 aromatic heterocycles. The Hall–Kier alpha value is -1.82.